The Kier molecular flexibility index (Phi) is 4.21. The first kappa shape index (κ1) is 15.8. The van der Waals surface area contributed by atoms with Crippen LogP contribution in [0.1, 0.15) is 11.3 Å². The van der Waals surface area contributed by atoms with Gasteiger partial charge in [-0.05, 0) is 18.2 Å². The number of hydrogen-bond acceptors (Lipinski definition) is 7. The topological polar surface area (TPSA) is 101 Å². The maximum absolute atomic E-state index is 10.2. The van der Waals surface area contributed by atoms with Crippen molar-refractivity contribution in [1.29, 1.82) is 0 Å². The van der Waals surface area contributed by atoms with Gasteiger partial charge in [0.15, 0.2) is 5.82 Å². The molecule has 0 bridgehead atoms. The second-order valence-corrected chi connectivity index (χ2v) is 6.08. The number of allylic oxidation sites excluding steroid dienone is 1. The lowest BCUT2D eigenvalue weighted by atomic mass is 10.1. The van der Waals surface area contributed by atoms with Crippen molar-refractivity contribution in [3.8, 4) is 5.88 Å². The molecule has 2 aromatic heterocycles. The Hall–Kier alpha value is -2.71. The van der Waals surface area contributed by atoms with E-state index in [2.05, 4.69) is 29.7 Å². The Balaban J connectivity index is 1.52. The average Bonchev–Trinajstić information content (AvgIpc) is 3.21. The molecular weight excluding hydrogens is 320 g/mol. The van der Waals surface area contributed by atoms with Gasteiger partial charge in [0.05, 0.1) is 6.61 Å². The van der Waals surface area contributed by atoms with Gasteiger partial charge in [-0.2, -0.15) is 4.98 Å². The summed E-state index contributed by atoms with van der Waals surface area (Å²) in [5.41, 5.74) is 2.39. The maximum Gasteiger partial charge on any atom is 0.238 e. The molecule has 0 aliphatic carbocycles. The number of nitrogens with zero attached hydrogens (tertiary/aromatic N) is 5. The van der Waals surface area contributed by atoms with Crippen molar-refractivity contribution in [2.45, 2.75) is 0 Å². The molecule has 0 unspecified atom stereocenters. The van der Waals surface area contributed by atoms with Gasteiger partial charge in [0.1, 0.15) is 5.69 Å². The Morgan fingerprint density at radius 3 is 2.88 bits per heavy atom. The minimum Gasteiger partial charge on any atom is -0.492 e. The summed E-state index contributed by atoms with van der Waals surface area (Å²) in [6.07, 6.45) is 5.29. The van der Waals surface area contributed by atoms with E-state index >= 15 is 0 Å². The number of piperazine rings is 1. The summed E-state index contributed by atoms with van der Waals surface area (Å²) in [4.78, 5) is 20.3. The van der Waals surface area contributed by atoms with Crippen LogP contribution in [0.2, 0.25) is 0 Å². The molecule has 2 aliphatic heterocycles. The molecule has 0 saturated carbocycles. The van der Waals surface area contributed by atoms with Crippen molar-refractivity contribution in [2.75, 3.05) is 44.2 Å². The fourth-order valence-electron chi connectivity index (χ4n) is 3.14. The zero-order valence-electron chi connectivity index (χ0n) is 13.8. The van der Waals surface area contributed by atoms with Crippen LogP contribution in [0.3, 0.4) is 0 Å². The third-order valence-corrected chi connectivity index (χ3v) is 4.51. The van der Waals surface area contributed by atoms with Crippen LogP contribution in [0.4, 0.5) is 11.8 Å². The number of β-amino-alcohol motifs (C(OH)–C–C–N with tert-alkyl or cyclic N) is 1. The predicted octanol–water partition coefficient (Wildman–Crippen LogP) is 0.881. The summed E-state index contributed by atoms with van der Waals surface area (Å²) in [7, 11) is 0. The van der Waals surface area contributed by atoms with Crippen molar-refractivity contribution in [3.63, 3.8) is 0 Å². The minimum atomic E-state index is -0.0222. The van der Waals surface area contributed by atoms with Gasteiger partial charge in [0.25, 0.3) is 0 Å². The summed E-state index contributed by atoms with van der Waals surface area (Å²) in [6, 6.07) is 3.82. The highest BCUT2D eigenvalue weighted by molar-refractivity contribution is 6.20. The van der Waals surface area contributed by atoms with Gasteiger partial charge in [0, 0.05) is 56.3 Å². The average molecular weight is 340 g/mol. The van der Waals surface area contributed by atoms with Gasteiger partial charge in [-0.15, -0.1) is 0 Å². The van der Waals surface area contributed by atoms with Gasteiger partial charge < -0.3 is 20.1 Å². The van der Waals surface area contributed by atoms with Crippen LogP contribution in [0.25, 0.3) is 11.6 Å². The Labute approximate surface area is 145 Å². The quantitative estimate of drug-likeness (QED) is 0.764. The molecule has 2 aromatic rings. The number of pyridine rings is 1. The number of rotatable bonds is 4. The van der Waals surface area contributed by atoms with Crippen LogP contribution >= 0.6 is 0 Å². The van der Waals surface area contributed by atoms with Crippen LogP contribution < -0.4 is 4.90 Å². The predicted molar refractivity (Wildman–Crippen MR) is 96.3 cm³/mol. The summed E-state index contributed by atoms with van der Waals surface area (Å²) >= 11 is 0. The second kappa shape index (κ2) is 6.66. The Morgan fingerprint density at radius 2 is 2.08 bits per heavy atom. The molecule has 3 N–H and O–H groups in total. The van der Waals surface area contributed by atoms with Gasteiger partial charge in [-0.25, -0.2) is 9.98 Å². The molecule has 4 rings (SSSR count). The fourth-order valence-corrected chi connectivity index (χ4v) is 3.14. The number of hydrogen-bond donors (Lipinski definition) is 3. The molecule has 2 aliphatic rings. The molecule has 0 aromatic carbocycles. The highest BCUT2D eigenvalue weighted by atomic mass is 16.3. The van der Waals surface area contributed by atoms with Crippen LogP contribution in [0.15, 0.2) is 23.3 Å². The largest absolute Gasteiger partial charge is 0.492 e. The molecule has 25 heavy (non-hydrogen) atoms. The minimum absolute atomic E-state index is 0.0222. The van der Waals surface area contributed by atoms with Crippen molar-refractivity contribution in [3.05, 3.63) is 29.6 Å². The summed E-state index contributed by atoms with van der Waals surface area (Å²) in [5.74, 6) is 1.33. The van der Waals surface area contributed by atoms with Crippen molar-refractivity contribution in [1.82, 2.24) is 19.9 Å². The zero-order valence-corrected chi connectivity index (χ0v) is 13.8. The number of aromatic hydroxyl groups is 1. The van der Waals surface area contributed by atoms with Gasteiger partial charge >= 0.3 is 0 Å². The summed E-state index contributed by atoms with van der Waals surface area (Å²) < 4.78 is 0. The lowest BCUT2D eigenvalue weighted by Crippen LogP contribution is -2.47. The van der Waals surface area contributed by atoms with E-state index in [1.54, 1.807) is 12.4 Å². The van der Waals surface area contributed by atoms with Crippen LogP contribution in [-0.2, 0) is 0 Å². The van der Waals surface area contributed by atoms with E-state index < -0.39 is 0 Å². The zero-order chi connectivity index (χ0) is 17.2. The van der Waals surface area contributed by atoms with E-state index in [1.165, 1.54) is 0 Å². The van der Waals surface area contributed by atoms with Crippen molar-refractivity contribution < 1.29 is 10.2 Å². The number of fused-ring (bicyclic) bond motifs is 1. The molecule has 0 amide bonds. The number of aromatic amines is 1. The van der Waals surface area contributed by atoms with E-state index in [4.69, 9.17) is 5.11 Å². The second-order valence-electron chi connectivity index (χ2n) is 6.08. The standard InChI is InChI=1S/C17H20N6O2/c24-9-8-22-4-6-23(7-5-22)17-20-14(16(25)21-17)10-12-11-19-15-13(12)2-1-3-18-15/h1-3,10-11,24-25H,4-9H2,(H,20,21). The number of anilines is 1. The smallest absolute Gasteiger partial charge is 0.238 e. The first-order chi connectivity index (χ1) is 12.2. The number of aliphatic hydroxyl groups excluding tert-OH is 1. The number of H-pyrrole nitrogens is 1. The maximum atomic E-state index is 10.2. The first-order valence-corrected chi connectivity index (χ1v) is 8.33. The molecule has 0 spiro atoms. The number of aliphatic hydroxyl groups is 1. The number of aromatic nitrogens is 3. The summed E-state index contributed by atoms with van der Waals surface area (Å²) in [6.45, 7) is 4.21. The van der Waals surface area contributed by atoms with Crippen LogP contribution in [-0.4, -0.2) is 75.6 Å². The molecule has 0 atom stereocenters. The van der Waals surface area contributed by atoms with Gasteiger partial charge in [-0.3, -0.25) is 4.90 Å². The monoisotopic (exact) mass is 340 g/mol. The molecule has 8 nitrogen and oxygen atoms in total. The molecule has 130 valence electrons. The molecular formula is C17H20N6O2. The molecule has 8 heteroatoms. The highest BCUT2D eigenvalue weighted by Crippen LogP contribution is 2.32. The molecule has 1 saturated heterocycles. The van der Waals surface area contributed by atoms with E-state index in [-0.39, 0.29) is 12.5 Å². The van der Waals surface area contributed by atoms with E-state index in [0.717, 1.165) is 37.3 Å². The summed E-state index contributed by atoms with van der Waals surface area (Å²) in [5, 5.41) is 19.2. The van der Waals surface area contributed by atoms with Crippen molar-refractivity contribution in [2.24, 2.45) is 4.99 Å². The number of nitrogens with one attached hydrogen (secondary N) is 1. The third kappa shape index (κ3) is 3.13. The van der Waals surface area contributed by atoms with E-state index in [1.807, 2.05) is 18.2 Å². The van der Waals surface area contributed by atoms with Crippen LogP contribution in [0.5, 0.6) is 5.88 Å². The molecule has 0 radical (unpaired) electrons. The van der Waals surface area contributed by atoms with E-state index in [0.29, 0.717) is 24.0 Å². The van der Waals surface area contributed by atoms with E-state index in [9.17, 15) is 5.11 Å². The molecule has 4 heterocycles. The lowest BCUT2D eigenvalue weighted by molar-refractivity contribution is 0.188. The molecule has 1 fully saturated rings. The highest BCUT2D eigenvalue weighted by Gasteiger charge is 2.21. The fraction of sp³-hybridized carbons (Fsp3) is 0.353. The van der Waals surface area contributed by atoms with Gasteiger partial charge in [-0.1, -0.05) is 0 Å². The third-order valence-electron chi connectivity index (χ3n) is 4.51. The Bertz CT molecular complexity index is 820. The normalized spacial score (nSPS) is 18.9. The first-order valence-electron chi connectivity index (χ1n) is 8.33. The number of aliphatic imine (C=N–C) groups is 1. The van der Waals surface area contributed by atoms with Gasteiger partial charge in [0.2, 0.25) is 11.8 Å². The number of imidazole rings is 1. The Morgan fingerprint density at radius 1 is 1.24 bits per heavy atom. The SMILES string of the molecule is OCCN1CCN(c2nc(O)c(C=C3C=Nc4ncccc43)[nH]2)CC1. The van der Waals surface area contributed by atoms with Crippen molar-refractivity contribution >= 4 is 29.6 Å². The van der Waals surface area contributed by atoms with Crippen LogP contribution in [0, 0.1) is 0 Å². The lowest BCUT2D eigenvalue weighted by Gasteiger charge is -2.34.